The molecule has 21 heavy (non-hydrogen) atoms. The molecule has 3 heteroatoms. The second-order valence-electron chi connectivity index (χ2n) is 6.08. The van der Waals surface area contributed by atoms with Crippen LogP contribution in [0.2, 0.25) is 0 Å². The van der Waals surface area contributed by atoms with Crippen molar-refractivity contribution in [2.45, 2.75) is 33.1 Å². The van der Waals surface area contributed by atoms with Gasteiger partial charge in [0.1, 0.15) is 0 Å². The largest absolute Gasteiger partial charge is 0.344 e. The fourth-order valence-electron chi connectivity index (χ4n) is 2.86. The first-order valence-electron chi connectivity index (χ1n) is 7.78. The molecule has 0 fully saturated rings. The summed E-state index contributed by atoms with van der Waals surface area (Å²) >= 11 is 0. The van der Waals surface area contributed by atoms with E-state index in [1.807, 2.05) is 12.1 Å². The van der Waals surface area contributed by atoms with Crippen LogP contribution in [-0.4, -0.2) is 17.2 Å². The maximum atomic E-state index is 12.3. The predicted molar refractivity (Wildman–Crippen MR) is 91.3 cm³/mol. The van der Waals surface area contributed by atoms with E-state index in [-0.39, 0.29) is 0 Å². The summed E-state index contributed by atoms with van der Waals surface area (Å²) in [5, 5.41) is 2.41. The Kier molecular flexibility index (Phi) is 5.61. The highest BCUT2D eigenvalue weighted by Gasteiger charge is 2.21. The summed E-state index contributed by atoms with van der Waals surface area (Å²) < 4.78 is 12.3. The molecule has 1 N–H and O–H groups in total. The van der Waals surface area contributed by atoms with Crippen LogP contribution < -0.4 is 0 Å². The summed E-state index contributed by atoms with van der Waals surface area (Å²) in [5.41, 5.74) is 1.14. The molecule has 0 radical (unpaired) electrons. The molecule has 0 bridgehead atoms. The summed E-state index contributed by atoms with van der Waals surface area (Å²) in [6.45, 7) is 4.19. The standard InChI is InChI=1S/C18H25O2P/c1-3-6-15(2)14-21(19,20)12-11-16-9-10-17-7-4-5-8-18(17)13-16/h4-5,7-10,13,15H,3,6,11-12,14H2,1-2H3,(H,19,20). The highest BCUT2D eigenvalue weighted by molar-refractivity contribution is 7.58. The van der Waals surface area contributed by atoms with Gasteiger partial charge in [-0.2, -0.15) is 0 Å². The average Bonchev–Trinajstić information content (AvgIpc) is 2.45. The lowest BCUT2D eigenvalue weighted by Crippen LogP contribution is -2.06. The van der Waals surface area contributed by atoms with Gasteiger partial charge < -0.3 is 4.89 Å². The van der Waals surface area contributed by atoms with Gasteiger partial charge in [0, 0.05) is 12.3 Å². The van der Waals surface area contributed by atoms with Gasteiger partial charge in [0.25, 0.3) is 0 Å². The lowest BCUT2D eigenvalue weighted by molar-refractivity contribution is 0.457. The van der Waals surface area contributed by atoms with Crippen molar-refractivity contribution in [2.75, 3.05) is 12.3 Å². The molecule has 0 aliphatic heterocycles. The van der Waals surface area contributed by atoms with E-state index in [0.29, 0.717) is 24.7 Å². The summed E-state index contributed by atoms with van der Waals surface area (Å²) in [4.78, 5) is 10.1. The number of fused-ring (bicyclic) bond motifs is 1. The third-order valence-electron chi connectivity index (χ3n) is 3.94. The molecule has 2 aromatic carbocycles. The van der Waals surface area contributed by atoms with Crippen LogP contribution in [0.5, 0.6) is 0 Å². The van der Waals surface area contributed by atoms with E-state index >= 15 is 0 Å². The van der Waals surface area contributed by atoms with Crippen molar-refractivity contribution < 1.29 is 9.46 Å². The zero-order valence-corrected chi connectivity index (χ0v) is 13.9. The third kappa shape index (κ3) is 4.98. The van der Waals surface area contributed by atoms with Crippen molar-refractivity contribution in [1.29, 1.82) is 0 Å². The molecule has 0 aliphatic rings. The third-order valence-corrected chi connectivity index (χ3v) is 6.06. The Balaban J connectivity index is 1.98. The first-order valence-corrected chi connectivity index (χ1v) is 9.81. The Morgan fingerprint density at radius 2 is 1.86 bits per heavy atom. The summed E-state index contributed by atoms with van der Waals surface area (Å²) in [5.74, 6) is 0.336. The van der Waals surface area contributed by atoms with E-state index in [1.54, 1.807) is 0 Å². The smallest absolute Gasteiger partial charge is 0.201 e. The highest BCUT2D eigenvalue weighted by Crippen LogP contribution is 2.43. The van der Waals surface area contributed by atoms with Gasteiger partial charge in [0.05, 0.1) is 0 Å². The number of rotatable bonds is 7. The SMILES string of the molecule is CCCC(C)CP(=O)(O)CCc1ccc2ccccc2c1. The Bertz CT molecular complexity index is 636. The van der Waals surface area contributed by atoms with Crippen LogP contribution in [0.15, 0.2) is 42.5 Å². The van der Waals surface area contributed by atoms with E-state index in [2.05, 4.69) is 44.2 Å². The van der Waals surface area contributed by atoms with Crippen molar-refractivity contribution in [3.63, 3.8) is 0 Å². The van der Waals surface area contributed by atoms with Crippen LogP contribution in [0.25, 0.3) is 10.8 Å². The van der Waals surface area contributed by atoms with E-state index < -0.39 is 7.37 Å². The zero-order chi connectivity index (χ0) is 15.3. The second kappa shape index (κ2) is 7.24. The molecule has 0 saturated carbocycles. The molecule has 0 heterocycles. The molecular weight excluding hydrogens is 279 g/mol. The van der Waals surface area contributed by atoms with E-state index in [1.165, 1.54) is 10.8 Å². The van der Waals surface area contributed by atoms with Crippen molar-refractivity contribution in [3.05, 3.63) is 48.0 Å². The lowest BCUT2D eigenvalue weighted by Gasteiger charge is -2.16. The van der Waals surface area contributed by atoms with Crippen molar-refractivity contribution >= 4 is 18.1 Å². The molecule has 0 aliphatic carbocycles. The molecule has 2 nitrogen and oxygen atoms in total. The minimum absolute atomic E-state index is 0.336. The maximum Gasteiger partial charge on any atom is 0.201 e. The first kappa shape index (κ1) is 16.3. The van der Waals surface area contributed by atoms with E-state index in [9.17, 15) is 9.46 Å². The van der Waals surface area contributed by atoms with Gasteiger partial charge in [-0.15, -0.1) is 0 Å². The molecule has 0 aromatic heterocycles. The van der Waals surface area contributed by atoms with Gasteiger partial charge in [-0.3, -0.25) is 4.57 Å². The summed E-state index contributed by atoms with van der Waals surface area (Å²) in [6, 6.07) is 14.5. The molecule has 2 unspecified atom stereocenters. The Morgan fingerprint density at radius 1 is 1.14 bits per heavy atom. The quantitative estimate of drug-likeness (QED) is 0.723. The van der Waals surface area contributed by atoms with Gasteiger partial charge in [0.2, 0.25) is 7.37 Å². The Labute approximate surface area is 127 Å². The van der Waals surface area contributed by atoms with Crippen LogP contribution >= 0.6 is 7.37 Å². The fraction of sp³-hybridized carbons (Fsp3) is 0.444. The van der Waals surface area contributed by atoms with Gasteiger partial charge in [-0.1, -0.05) is 69.2 Å². The molecule has 2 atom stereocenters. The number of aryl methyl sites for hydroxylation is 1. The predicted octanol–water partition coefficient (Wildman–Crippen LogP) is 5.09. The number of hydrogen-bond donors (Lipinski definition) is 1. The van der Waals surface area contributed by atoms with Crippen molar-refractivity contribution in [1.82, 2.24) is 0 Å². The van der Waals surface area contributed by atoms with Gasteiger partial charge >= 0.3 is 0 Å². The maximum absolute atomic E-state index is 12.3. The average molecular weight is 304 g/mol. The van der Waals surface area contributed by atoms with Gasteiger partial charge in [-0.05, 0) is 28.7 Å². The van der Waals surface area contributed by atoms with E-state index in [4.69, 9.17) is 0 Å². The van der Waals surface area contributed by atoms with Crippen LogP contribution in [0, 0.1) is 5.92 Å². The Hall–Kier alpha value is -1.11. The zero-order valence-electron chi connectivity index (χ0n) is 13.0. The minimum Gasteiger partial charge on any atom is -0.344 e. The van der Waals surface area contributed by atoms with Crippen LogP contribution in [-0.2, 0) is 11.0 Å². The molecule has 0 spiro atoms. The second-order valence-corrected chi connectivity index (χ2v) is 8.58. The Morgan fingerprint density at radius 3 is 2.57 bits per heavy atom. The topological polar surface area (TPSA) is 37.3 Å². The van der Waals surface area contributed by atoms with Crippen molar-refractivity contribution in [3.8, 4) is 0 Å². The first-order chi connectivity index (χ1) is 10.00. The minimum atomic E-state index is -3.00. The number of hydrogen-bond acceptors (Lipinski definition) is 1. The lowest BCUT2D eigenvalue weighted by atomic mass is 10.1. The monoisotopic (exact) mass is 304 g/mol. The fourth-order valence-corrected chi connectivity index (χ4v) is 4.81. The number of benzene rings is 2. The molecule has 0 amide bonds. The highest BCUT2D eigenvalue weighted by atomic mass is 31.2. The van der Waals surface area contributed by atoms with E-state index in [0.717, 1.165) is 18.4 Å². The van der Waals surface area contributed by atoms with Crippen LogP contribution in [0.3, 0.4) is 0 Å². The molecule has 0 saturated heterocycles. The molecule has 2 aromatic rings. The van der Waals surface area contributed by atoms with Crippen molar-refractivity contribution in [2.24, 2.45) is 5.92 Å². The van der Waals surface area contributed by atoms with Gasteiger partial charge in [0.15, 0.2) is 0 Å². The summed E-state index contributed by atoms with van der Waals surface area (Å²) in [6.07, 6.45) is 3.62. The van der Waals surface area contributed by atoms with Crippen LogP contribution in [0.4, 0.5) is 0 Å². The van der Waals surface area contributed by atoms with Crippen LogP contribution in [0.1, 0.15) is 32.3 Å². The molecule has 114 valence electrons. The molecular formula is C18H25O2P. The summed E-state index contributed by atoms with van der Waals surface area (Å²) in [7, 11) is -3.00. The normalized spacial score (nSPS) is 15.8. The van der Waals surface area contributed by atoms with Gasteiger partial charge in [-0.25, -0.2) is 0 Å². The molecule has 2 rings (SSSR count).